The number of carbonyl (C=O) groups excluding carboxylic acids is 1. The second-order valence-electron chi connectivity index (χ2n) is 6.64. The van der Waals surface area contributed by atoms with E-state index in [9.17, 15) is 9.59 Å². The third-order valence-corrected chi connectivity index (χ3v) is 4.40. The second kappa shape index (κ2) is 11.0. The number of aliphatic carboxylic acids is 1. The number of carboxylic acids is 1. The standard InChI is InChI=1S/C15H16O4.C6H12N2O/c1-2-3-11(5-7-15(16)17)8-12-4-6-13-14(9-12)19-10-18-13;7-6(9)8-4-2-1-3-5-8/h4-9H,2-3,10H2,1H3,(H,16,17);1-5H2,(H2,7,9)/b7-5+,11-8+;. The summed E-state index contributed by atoms with van der Waals surface area (Å²) in [6.45, 7) is 4.02. The molecule has 3 N–H and O–H groups in total. The number of carbonyl (C=O) groups is 2. The van der Waals surface area contributed by atoms with E-state index < -0.39 is 5.97 Å². The summed E-state index contributed by atoms with van der Waals surface area (Å²) in [6, 6.07) is 5.41. The number of likely N-dealkylation sites (tertiary alicyclic amines) is 1. The van der Waals surface area contributed by atoms with E-state index in [1.165, 1.54) is 6.42 Å². The van der Waals surface area contributed by atoms with Crippen LogP contribution in [0.15, 0.2) is 35.9 Å². The molecule has 7 nitrogen and oxygen atoms in total. The number of allylic oxidation sites excluding steroid dienone is 2. The zero-order chi connectivity index (χ0) is 20.4. The molecular weight excluding hydrogens is 360 g/mol. The lowest BCUT2D eigenvalue weighted by Gasteiger charge is -2.24. The highest BCUT2D eigenvalue weighted by Crippen LogP contribution is 2.33. The molecule has 152 valence electrons. The Morgan fingerprint density at radius 2 is 1.86 bits per heavy atom. The van der Waals surface area contributed by atoms with Crippen molar-refractivity contribution in [3.8, 4) is 11.5 Å². The Balaban J connectivity index is 0.000000261. The summed E-state index contributed by atoms with van der Waals surface area (Å²) < 4.78 is 10.6. The van der Waals surface area contributed by atoms with Crippen LogP contribution in [0.25, 0.3) is 6.08 Å². The fourth-order valence-corrected chi connectivity index (χ4v) is 3.00. The SMILES string of the molecule is CCCC(/C=C/C(=O)O)=C\c1ccc2c(c1)OCO2.NC(=O)N1CCCCC1. The Labute approximate surface area is 165 Å². The molecule has 1 fully saturated rings. The third kappa shape index (κ3) is 6.98. The number of hydrogen-bond acceptors (Lipinski definition) is 4. The highest BCUT2D eigenvalue weighted by Gasteiger charge is 2.13. The first-order chi connectivity index (χ1) is 13.5. The van der Waals surface area contributed by atoms with Gasteiger partial charge in [-0.3, -0.25) is 0 Å². The van der Waals surface area contributed by atoms with Crippen LogP contribution in [-0.2, 0) is 4.79 Å². The first-order valence-corrected chi connectivity index (χ1v) is 9.55. The molecule has 0 aromatic heterocycles. The molecule has 2 heterocycles. The smallest absolute Gasteiger partial charge is 0.328 e. The summed E-state index contributed by atoms with van der Waals surface area (Å²) in [7, 11) is 0. The first kappa shape index (κ1) is 21.3. The van der Waals surface area contributed by atoms with Crippen LogP contribution in [0.5, 0.6) is 11.5 Å². The van der Waals surface area contributed by atoms with Crippen molar-refractivity contribution in [2.24, 2.45) is 5.73 Å². The topological polar surface area (TPSA) is 102 Å². The lowest BCUT2D eigenvalue weighted by Crippen LogP contribution is -2.39. The van der Waals surface area contributed by atoms with Crippen LogP contribution < -0.4 is 15.2 Å². The minimum atomic E-state index is -0.937. The predicted octanol–water partition coefficient (Wildman–Crippen LogP) is 3.79. The quantitative estimate of drug-likeness (QED) is 0.590. The van der Waals surface area contributed by atoms with Gasteiger partial charge in [0.2, 0.25) is 6.79 Å². The monoisotopic (exact) mass is 388 g/mol. The predicted molar refractivity (Wildman–Crippen MR) is 107 cm³/mol. The Bertz CT molecular complexity index is 736. The van der Waals surface area contributed by atoms with Gasteiger partial charge in [0.15, 0.2) is 11.5 Å². The van der Waals surface area contributed by atoms with Gasteiger partial charge in [-0.1, -0.05) is 31.6 Å². The third-order valence-electron chi connectivity index (χ3n) is 4.40. The van der Waals surface area contributed by atoms with Gasteiger partial charge in [-0.15, -0.1) is 0 Å². The molecule has 0 spiro atoms. The molecule has 0 unspecified atom stereocenters. The molecule has 1 saturated heterocycles. The van der Waals surface area contributed by atoms with E-state index in [2.05, 4.69) is 6.92 Å². The highest BCUT2D eigenvalue weighted by molar-refractivity contribution is 5.81. The summed E-state index contributed by atoms with van der Waals surface area (Å²) in [5.41, 5.74) is 7.00. The van der Waals surface area contributed by atoms with Crippen molar-refractivity contribution < 1.29 is 24.2 Å². The molecular formula is C21H28N2O5. The number of nitrogens with two attached hydrogens (primary N) is 1. The number of fused-ring (bicyclic) bond motifs is 1. The maximum Gasteiger partial charge on any atom is 0.328 e. The molecule has 0 saturated carbocycles. The van der Waals surface area contributed by atoms with E-state index in [4.69, 9.17) is 20.3 Å². The van der Waals surface area contributed by atoms with Gasteiger partial charge < -0.3 is 25.2 Å². The summed E-state index contributed by atoms with van der Waals surface area (Å²) in [4.78, 5) is 22.8. The van der Waals surface area contributed by atoms with Crippen LogP contribution >= 0.6 is 0 Å². The van der Waals surface area contributed by atoms with E-state index >= 15 is 0 Å². The molecule has 1 aromatic rings. The molecule has 0 bridgehead atoms. The van der Waals surface area contributed by atoms with Gasteiger partial charge >= 0.3 is 12.0 Å². The fourth-order valence-electron chi connectivity index (χ4n) is 3.00. The number of rotatable bonds is 5. The van der Waals surface area contributed by atoms with Crippen LogP contribution in [0.3, 0.4) is 0 Å². The number of piperidine rings is 1. The van der Waals surface area contributed by atoms with Crippen molar-refractivity contribution in [3.63, 3.8) is 0 Å². The first-order valence-electron chi connectivity index (χ1n) is 9.55. The van der Waals surface area contributed by atoms with Crippen molar-refractivity contribution in [3.05, 3.63) is 41.5 Å². The number of urea groups is 1. The largest absolute Gasteiger partial charge is 0.478 e. The van der Waals surface area contributed by atoms with E-state index in [0.29, 0.717) is 0 Å². The number of nitrogens with zero attached hydrogens (tertiary/aromatic N) is 1. The summed E-state index contributed by atoms with van der Waals surface area (Å²) in [5, 5.41) is 8.67. The summed E-state index contributed by atoms with van der Waals surface area (Å²) in [6.07, 6.45) is 10.0. The van der Waals surface area contributed by atoms with E-state index in [-0.39, 0.29) is 12.8 Å². The molecule has 0 aliphatic carbocycles. The van der Waals surface area contributed by atoms with Gasteiger partial charge in [-0.05, 0) is 49.0 Å². The van der Waals surface area contributed by atoms with Crippen molar-refractivity contribution in [1.82, 2.24) is 4.90 Å². The summed E-state index contributed by atoms with van der Waals surface area (Å²) >= 11 is 0. The Morgan fingerprint density at radius 1 is 1.14 bits per heavy atom. The molecule has 1 aromatic carbocycles. The van der Waals surface area contributed by atoms with Crippen LogP contribution in [0.1, 0.15) is 44.6 Å². The average Bonchev–Trinajstić information content (AvgIpc) is 3.15. The number of amides is 2. The molecule has 7 heteroatoms. The minimum absolute atomic E-state index is 0.253. The van der Waals surface area contributed by atoms with Crippen LogP contribution in [0.2, 0.25) is 0 Å². The van der Waals surface area contributed by atoms with Gasteiger partial charge in [0, 0.05) is 19.2 Å². The molecule has 0 radical (unpaired) electrons. The van der Waals surface area contributed by atoms with E-state index in [1.807, 2.05) is 24.3 Å². The van der Waals surface area contributed by atoms with Crippen molar-refractivity contribution in [2.75, 3.05) is 19.9 Å². The molecule has 3 rings (SSSR count). The zero-order valence-electron chi connectivity index (χ0n) is 16.2. The van der Waals surface area contributed by atoms with Gasteiger partial charge in [-0.2, -0.15) is 0 Å². The van der Waals surface area contributed by atoms with Crippen molar-refractivity contribution in [1.29, 1.82) is 0 Å². The molecule has 2 aliphatic rings. The fraction of sp³-hybridized carbons (Fsp3) is 0.429. The zero-order valence-corrected chi connectivity index (χ0v) is 16.2. The molecule has 0 atom stereocenters. The Kier molecular flexibility index (Phi) is 8.39. The van der Waals surface area contributed by atoms with Crippen LogP contribution in [-0.4, -0.2) is 41.9 Å². The normalized spacial score (nSPS) is 15.9. The van der Waals surface area contributed by atoms with Crippen LogP contribution in [0.4, 0.5) is 4.79 Å². The van der Waals surface area contributed by atoms with Gasteiger partial charge in [0.25, 0.3) is 0 Å². The lowest BCUT2D eigenvalue weighted by atomic mass is 10.1. The van der Waals surface area contributed by atoms with Crippen LogP contribution in [0, 0.1) is 0 Å². The molecule has 2 aliphatic heterocycles. The lowest BCUT2D eigenvalue weighted by molar-refractivity contribution is -0.131. The number of carboxylic acid groups (broad SMARTS) is 1. The average molecular weight is 388 g/mol. The maximum absolute atomic E-state index is 10.6. The second-order valence-corrected chi connectivity index (χ2v) is 6.64. The number of hydrogen-bond donors (Lipinski definition) is 2. The highest BCUT2D eigenvalue weighted by atomic mass is 16.7. The number of ether oxygens (including phenoxy) is 2. The molecule has 2 amide bonds. The Hall–Kier alpha value is -2.96. The number of primary amides is 1. The van der Waals surface area contributed by atoms with Crippen molar-refractivity contribution in [2.45, 2.75) is 39.0 Å². The van der Waals surface area contributed by atoms with Gasteiger partial charge in [0.1, 0.15) is 0 Å². The molecule has 28 heavy (non-hydrogen) atoms. The van der Waals surface area contributed by atoms with E-state index in [1.54, 1.807) is 11.0 Å². The van der Waals surface area contributed by atoms with Crippen molar-refractivity contribution >= 4 is 18.1 Å². The van der Waals surface area contributed by atoms with E-state index in [0.717, 1.165) is 67.5 Å². The summed E-state index contributed by atoms with van der Waals surface area (Å²) in [5.74, 6) is 0.537. The Morgan fingerprint density at radius 3 is 2.46 bits per heavy atom. The number of benzene rings is 1. The minimum Gasteiger partial charge on any atom is -0.478 e. The maximum atomic E-state index is 10.6. The van der Waals surface area contributed by atoms with Gasteiger partial charge in [-0.25, -0.2) is 9.59 Å². The van der Waals surface area contributed by atoms with Gasteiger partial charge in [0.05, 0.1) is 0 Å².